The Bertz CT molecular complexity index is 224. The van der Waals surface area contributed by atoms with Gasteiger partial charge in [-0.25, -0.2) is 0 Å². The zero-order valence-corrected chi connectivity index (χ0v) is 10.8. The highest BCUT2D eigenvalue weighted by Gasteiger charge is 2.35. The number of likely N-dealkylation sites (N-methyl/N-ethyl adjacent to an activating group) is 1. The van der Waals surface area contributed by atoms with Gasteiger partial charge in [-0.3, -0.25) is 0 Å². The summed E-state index contributed by atoms with van der Waals surface area (Å²) in [6.07, 6.45) is 8.23. The van der Waals surface area contributed by atoms with Crippen molar-refractivity contribution < 1.29 is 0 Å². The van der Waals surface area contributed by atoms with Crippen molar-refractivity contribution in [3.63, 3.8) is 0 Å². The van der Waals surface area contributed by atoms with Crippen LogP contribution in [0.1, 0.15) is 44.9 Å². The van der Waals surface area contributed by atoms with E-state index in [-0.39, 0.29) is 0 Å². The van der Waals surface area contributed by atoms with Crippen LogP contribution in [0.5, 0.6) is 0 Å². The van der Waals surface area contributed by atoms with Crippen LogP contribution >= 0.6 is 0 Å². The van der Waals surface area contributed by atoms with E-state index < -0.39 is 0 Å². The van der Waals surface area contributed by atoms with E-state index in [4.69, 9.17) is 5.26 Å². The Morgan fingerprint density at radius 3 is 2.50 bits per heavy atom. The second-order valence-electron chi connectivity index (χ2n) is 5.12. The lowest BCUT2D eigenvalue weighted by molar-refractivity contribution is 0.154. The number of unbranched alkanes of at least 4 members (excludes halogenated alkanes) is 2. The Kier molecular flexibility index (Phi) is 5.79. The molecule has 0 saturated heterocycles. The van der Waals surface area contributed by atoms with Crippen LogP contribution in [0, 0.1) is 11.3 Å². The first-order valence-corrected chi connectivity index (χ1v) is 6.46. The Balaban J connectivity index is 2.17. The summed E-state index contributed by atoms with van der Waals surface area (Å²) in [6, 6.07) is 2.19. The van der Waals surface area contributed by atoms with E-state index in [1.54, 1.807) is 0 Å². The van der Waals surface area contributed by atoms with E-state index in [1.165, 1.54) is 25.7 Å². The average Bonchev–Trinajstić information content (AvgIpc) is 2.73. The molecule has 1 saturated carbocycles. The van der Waals surface area contributed by atoms with Gasteiger partial charge < -0.3 is 10.2 Å². The second kappa shape index (κ2) is 6.88. The molecule has 1 aliphatic rings. The molecule has 0 spiro atoms. The molecule has 1 aliphatic carbocycles. The maximum absolute atomic E-state index is 8.43. The highest BCUT2D eigenvalue weighted by Crippen LogP contribution is 2.32. The quantitative estimate of drug-likeness (QED) is 0.672. The normalized spacial score (nSPS) is 18.9. The second-order valence-corrected chi connectivity index (χ2v) is 5.12. The van der Waals surface area contributed by atoms with Crippen LogP contribution in [0.2, 0.25) is 0 Å². The first-order valence-electron chi connectivity index (χ1n) is 6.46. The largest absolute Gasteiger partial charge is 0.315 e. The van der Waals surface area contributed by atoms with Crippen molar-refractivity contribution in [1.82, 2.24) is 10.2 Å². The third kappa shape index (κ3) is 3.77. The van der Waals surface area contributed by atoms with Gasteiger partial charge in [-0.05, 0) is 46.3 Å². The van der Waals surface area contributed by atoms with Gasteiger partial charge in [0.1, 0.15) is 0 Å². The Hall–Kier alpha value is -0.590. The van der Waals surface area contributed by atoms with Crippen LogP contribution in [0.25, 0.3) is 0 Å². The minimum absolute atomic E-state index is 0.398. The van der Waals surface area contributed by atoms with E-state index in [0.29, 0.717) is 12.0 Å². The molecule has 0 heterocycles. The number of rotatable bonds is 7. The summed E-state index contributed by atoms with van der Waals surface area (Å²) in [7, 11) is 4.39. The Morgan fingerprint density at radius 2 is 1.94 bits per heavy atom. The molecular weight excluding hydrogens is 198 g/mol. The number of nitrogens with one attached hydrogen (secondary N) is 1. The van der Waals surface area contributed by atoms with Crippen molar-refractivity contribution in [3.05, 3.63) is 0 Å². The lowest BCUT2D eigenvalue weighted by Crippen LogP contribution is -2.49. The first kappa shape index (κ1) is 13.5. The molecule has 0 atom stereocenters. The molecule has 0 aromatic carbocycles. The number of hydrogen-bond donors (Lipinski definition) is 1. The van der Waals surface area contributed by atoms with Crippen LogP contribution < -0.4 is 5.32 Å². The smallest absolute Gasteiger partial charge is 0.0621 e. The predicted molar refractivity (Wildman–Crippen MR) is 67.2 cm³/mol. The lowest BCUT2D eigenvalue weighted by atomic mass is 9.96. The number of hydrogen-bond acceptors (Lipinski definition) is 3. The van der Waals surface area contributed by atoms with E-state index in [0.717, 1.165) is 25.9 Å². The van der Waals surface area contributed by atoms with Gasteiger partial charge in [0.2, 0.25) is 0 Å². The fourth-order valence-electron chi connectivity index (χ4n) is 2.59. The van der Waals surface area contributed by atoms with Gasteiger partial charge in [0.15, 0.2) is 0 Å². The van der Waals surface area contributed by atoms with Gasteiger partial charge in [-0.2, -0.15) is 5.26 Å². The zero-order chi connectivity index (χ0) is 11.9. The molecule has 16 heavy (non-hydrogen) atoms. The van der Waals surface area contributed by atoms with Gasteiger partial charge in [0, 0.05) is 18.5 Å². The highest BCUT2D eigenvalue weighted by molar-refractivity contribution is 4.94. The van der Waals surface area contributed by atoms with Crippen LogP contribution in [0.15, 0.2) is 0 Å². The van der Waals surface area contributed by atoms with Crippen LogP contribution in [-0.2, 0) is 0 Å². The molecule has 1 fully saturated rings. The lowest BCUT2D eigenvalue weighted by Gasteiger charge is -2.36. The topological polar surface area (TPSA) is 39.1 Å². The van der Waals surface area contributed by atoms with E-state index >= 15 is 0 Å². The van der Waals surface area contributed by atoms with Crippen LogP contribution in [0.3, 0.4) is 0 Å². The fraction of sp³-hybridized carbons (Fsp3) is 0.923. The van der Waals surface area contributed by atoms with Crippen LogP contribution in [-0.4, -0.2) is 37.6 Å². The minimum Gasteiger partial charge on any atom is -0.315 e. The number of nitriles is 1. The van der Waals surface area contributed by atoms with Gasteiger partial charge in [0.05, 0.1) is 6.07 Å². The summed E-state index contributed by atoms with van der Waals surface area (Å²) in [4.78, 5) is 2.39. The molecule has 0 unspecified atom stereocenters. The summed E-state index contributed by atoms with van der Waals surface area (Å²) in [5.74, 6) is 0. The molecule has 0 bridgehead atoms. The van der Waals surface area contributed by atoms with E-state index in [2.05, 4.69) is 30.4 Å². The minimum atomic E-state index is 0.398. The zero-order valence-electron chi connectivity index (χ0n) is 10.8. The molecule has 92 valence electrons. The summed E-state index contributed by atoms with van der Waals surface area (Å²) >= 11 is 0. The van der Waals surface area contributed by atoms with Crippen molar-refractivity contribution in [2.24, 2.45) is 0 Å². The third-order valence-corrected chi connectivity index (χ3v) is 3.83. The molecule has 0 radical (unpaired) electrons. The summed E-state index contributed by atoms with van der Waals surface area (Å²) in [6.45, 7) is 2.16. The maximum Gasteiger partial charge on any atom is 0.0621 e. The Labute approximate surface area is 99.8 Å². The van der Waals surface area contributed by atoms with Crippen LogP contribution in [0.4, 0.5) is 0 Å². The molecule has 0 amide bonds. The van der Waals surface area contributed by atoms with Crippen molar-refractivity contribution in [2.75, 3.05) is 27.2 Å². The molecule has 0 aliphatic heterocycles. The van der Waals surface area contributed by atoms with Gasteiger partial charge in [0.25, 0.3) is 0 Å². The van der Waals surface area contributed by atoms with Crippen molar-refractivity contribution in [3.8, 4) is 6.07 Å². The molecular formula is C13H25N3. The predicted octanol–water partition coefficient (Wildman–Crippen LogP) is 2.14. The SMILES string of the molecule is CN(C)C1(CNCCCCC#N)CCCC1. The molecule has 3 heteroatoms. The molecule has 0 aromatic rings. The molecule has 3 nitrogen and oxygen atoms in total. The third-order valence-electron chi connectivity index (χ3n) is 3.83. The van der Waals surface area contributed by atoms with E-state index in [9.17, 15) is 0 Å². The highest BCUT2D eigenvalue weighted by atomic mass is 15.2. The molecule has 1 rings (SSSR count). The summed E-state index contributed by atoms with van der Waals surface area (Å²) < 4.78 is 0. The van der Waals surface area contributed by atoms with Crippen molar-refractivity contribution in [2.45, 2.75) is 50.5 Å². The van der Waals surface area contributed by atoms with Crippen molar-refractivity contribution in [1.29, 1.82) is 5.26 Å². The first-order chi connectivity index (χ1) is 7.71. The average molecular weight is 223 g/mol. The van der Waals surface area contributed by atoms with E-state index in [1.807, 2.05) is 0 Å². The summed E-state index contributed by atoms with van der Waals surface area (Å²) in [5, 5.41) is 12.0. The molecule has 1 N–H and O–H groups in total. The molecule has 0 aromatic heterocycles. The van der Waals surface area contributed by atoms with Gasteiger partial charge >= 0.3 is 0 Å². The van der Waals surface area contributed by atoms with Gasteiger partial charge in [-0.1, -0.05) is 12.8 Å². The standard InChI is InChI=1S/C13H25N3/c1-16(2)13(8-4-5-9-13)12-15-11-7-3-6-10-14/h15H,3-9,11-12H2,1-2H3. The monoisotopic (exact) mass is 223 g/mol. The van der Waals surface area contributed by atoms with Crippen molar-refractivity contribution >= 4 is 0 Å². The maximum atomic E-state index is 8.43. The van der Waals surface area contributed by atoms with Gasteiger partial charge in [-0.15, -0.1) is 0 Å². The Morgan fingerprint density at radius 1 is 1.25 bits per heavy atom. The summed E-state index contributed by atoms with van der Waals surface area (Å²) in [5.41, 5.74) is 0.398. The fourth-order valence-corrected chi connectivity index (χ4v) is 2.59. The number of nitrogens with zero attached hydrogens (tertiary/aromatic N) is 2.